The molecule has 0 saturated heterocycles. The third-order valence-electron chi connectivity index (χ3n) is 2.82. The normalized spacial score (nSPS) is 11.7. The van der Waals surface area contributed by atoms with Crippen LogP contribution in [0.4, 0.5) is 9.18 Å². The zero-order valence-electron chi connectivity index (χ0n) is 11.4. The van der Waals surface area contributed by atoms with E-state index >= 15 is 0 Å². The monoisotopic (exact) mass is 282 g/mol. The molecule has 3 N–H and O–H groups in total. The Labute approximate surface area is 117 Å². The summed E-state index contributed by atoms with van der Waals surface area (Å²) in [5, 5.41) is 13.8. The van der Waals surface area contributed by atoms with Crippen molar-refractivity contribution in [2.75, 3.05) is 6.54 Å². The molecule has 0 spiro atoms. The van der Waals surface area contributed by atoms with Gasteiger partial charge in [-0.05, 0) is 24.5 Å². The van der Waals surface area contributed by atoms with Gasteiger partial charge in [0, 0.05) is 6.54 Å². The van der Waals surface area contributed by atoms with E-state index in [-0.39, 0.29) is 12.4 Å². The van der Waals surface area contributed by atoms with E-state index < -0.39 is 18.0 Å². The van der Waals surface area contributed by atoms with Crippen molar-refractivity contribution in [1.82, 2.24) is 10.6 Å². The predicted octanol–water partition coefficient (Wildman–Crippen LogP) is 1.92. The highest BCUT2D eigenvalue weighted by atomic mass is 19.1. The Bertz CT molecular complexity index is 465. The molecule has 0 bridgehead atoms. The zero-order chi connectivity index (χ0) is 15.0. The van der Waals surface area contributed by atoms with E-state index in [2.05, 4.69) is 10.6 Å². The summed E-state index contributed by atoms with van der Waals surface area (Å²) in [7, 11) is 0. The van der Waals surface area contributed by atoms with E-state index in [1.807, 2.05) is 6.92 Å². The Hall–Kier alpha value is -2.11. The second kappa shape index (κ2) is 8.14. The van der Waals surface area contributed by atoms with Crippen molar-refractivity contribution >= 4 is 12.0 Å². The molecular weight excluding hydrogens is 263 g/mol. The number of carboxylic acid groups (broad SMARTS) is 1. The second-order valence-corrected chi connectivity index (χ2v) is 4.42. The number of amides is 2. The first kappa shape index (κ1) is 15.9. The van der Waals surface area contributed by atoms with Gasteiger partial charge in [-0.2, -0.15) is 0 Å². The Morgan fingerprint density at radius 3 is 2.65 bits per heavy atom. The lowest BCUT2D eigenvalue weighted by Gasteiger charge is -2.14. The lowest BCUT2D eigenvalue weighted by Crippen LogP contribution is -2.46. The minimum atomic E-state index is -1.06. The maximum absolute atomic E-state index is 13.3. The molecule has 2 amide bonds. The summed E-state index contributed by atoms with van der Waals surface area (Å²) in [4.78, 5) is 22.4. The van der Waals surface area contributed by atoms with Gasteiger partial charge < -0.3 is 15.7 Å². The maximum Gasteiger partial charge on any atom is 0.326 e. The van der Waals surface area contributed by atoms with E-state index in [1.54, 1.807) is 18.2 Å². The van der Waals surface area contributed by atoms with Gasteiger partial charge in [-0.15, -0.1) is 0 Å². The number of carbonyl (C=O) groups is 2. The summed E-state index contributed by atoms with van der Waals surface area (Å²) in [6, 6.07) is 4.88. The van der Waals surface area contributed by atoms with Crippen molar-refractivity contribution in [3.8, 4) is 0 Å². The van der Waals surface area contributed by atoms with Gasteiger partial charge in [0.05, 0.1) is 0 Å². The van der Waals surface area contributed by atoms with Gasteiger partial charge in [-0.25, -0.2) is 14.0 Å². The van der Waals surface area contributed by atoms with Crippen LogP contribution in [0.3, 0.4) is 0 Å². The SMILES string of the molecule is CCC[C@@H](NC(=O)NCCc1ccccc1F)C(=O)O. The minimum Gasteiger partial charge on any atom is -0.480 e. The lowest BCUT2D eigenvalue weighted by atomic mass is 10.1. The van der Waals surface area contributed by atoms with Crippen molar-refractivity contribution in [3.05, 3.63) is 35.6 Å². The number of hydrogen-bond donors (Lipinski definition) is 3. The minimum absolute atomic E-state index is 0.241. The molecule has 0 unspecified atom stereocenters. The van der Waals surface area contributed by atoms with Crippen LogP contribution in [-0.2, 0) is 11.2 Å². The van der Waals surface area contributed by atoms with Gasteiger partial charge in [0.2, 0.25) is 0 Å². The molecule has 110 valence electrons. The Morgan fingerprint density at radius 1 is 1.35 bits per heavy atom. The molecule has 0 aliphatic rings. The van der Waals surface area contributed by atoms with Gasteiger partial charge >= 0.3 is 12.0 Å². The van der Waals surface area contributed by atoms with Crippen LogP contribution in [0, 0.1) is 5.82 Å². The van der Waals surface area contributed by atoms with Crippen molar-refractivity contribution in [2.24, 2.45) is 0 Å². The molecule has 1 aromatic rings. The van der Waals surface area contributed by atoms with Crippen LogP contribution >= 0.6 is 0 Å². The van der Waals surface area contributed by atoms with Gasteiger partial charge in [0.25, 0.3) is 0 Å². The van der Waals surface area contributed by atoms with Crippen molar-refractivity contribution in [2.45, 2.75) is 32.2 Å². The highest BCUT2D eigenvalue weighted by Gasteiger charge is 2.18. The molecule has 0 saturated carbocycles. The number of carbonyl (C=O) groups excluding carboxylic acids is 1. The first-order valence-electron chi connectivity index (χ1n) is 6.55. The van der Waals surface area contributed by atoms with Gasteiger partial charge in [-0.1, -0.05) is 31.5 Å². The fourth-order valence-corrected chi connectivity index (χ4v) is 1.77. The van der Waals surface area contributed by atoms with Gasteiger partial charge in [0.15, 0.2) is 0 Å². The Kier molecular flexibility index (Phi) is 6.49. The van der Waals surface area contributed by atoms with Crippen LogP contribution < -0.4 is 10.6 Å². The molecule has 0 aromatic heterocycles. The van der Waals surface area contributed by atoms with E-state index in [9.17, 15) is 14.0 Å². The smallest absolute Gasteiger partial charge is 0.326 e. The van der Waals surface area contributed by atoms with Crippen LogP contribution in [0.2, 0.25) is 0 Å². The number of aliphatic carboxylic acids is 1. The van der Waals surface area contributed by atoms with Crippen LogP contribution in [0.5, 0.6) is 0 Å². The van der Waals surface area contributed by atoms with Crippen LogP contribution in [0.1, 0.15) is 25.3 Å². The van der Waals surface area contributed by atoms with Crippen LogP contribution in [-0.4, -0.2) is 29.7 Å². The molecule has 1 aromatic carbocycles. The van der Waals surface area contributed by atoms with E-state index in [0.29, 0.717) is 24.8 Å². The third kappa shape index (κ3) is 5.26. The predicted molar refractivity (Wildman–Crippen MR) is 73.0 cm³/mol. The first-order chi connectivity index (χ1) is 9.54. The Balaban J connectivity index is 2.36. The summed E-state index contributed by atoms with van der Waals surface area (Å²) in [5.41, 5.74) is 0.510. The molecule has 0 heterocycles. The molecule has 0 radical (unpaired) electrons. The first-order valence-corrected chi connectivity index (χ1v) is 6.55. The topological polar surface area (TPSA) is 78.4 Å². The van der Waals surface area contributed by atoms with Crippen LogP contribution in [0.15, 0.2) is 24.3 Å². The number of nitrogens with one attached hydrogen (secondary N) is 2. The molecule has 1 rings (SSSR count). The molecule has 0 aliphatic carbocycles. The average molecular weight is 282 g/mol. The second-order valence-electron chi connectivity index (χ2n) is 4.42. The fourth-order valence-electron chi connectivity index (χ4n) is 1.77. The summed E-state index contributed by atoms with van der Waals surface area (Å²) in [6.07, 6.45) is 1.38. The summed E-state index contributed by atoms with van der Waals surface area (Å²) >= 11 is 0. The van der Waals surface area contributed by atoms with Crippen molar-refractivity contribution in [1.29, 1.82) is 0 Å². The summed E-state index contributed by atoms with van der Waals surface area (Å²) < 4.78 is 13.3. The number of halogens is 1. The quantitative estimate of drug-likeness (QED) is 0.715. The average Bonchev–Trinajstić information content (AvgIpc) is 2.40. The highest BCUT2D eigenvalue weighted by molar-refractivity contribution is 5.82. The molecule has 6 heteroatoms. The number of rotatable bonds is 7. The molecule has 1 atom stereocenters. The number of hydrogen-bond acceptors (Lipinski definition) is 2. The van der Waals surface area contributed by atoms with Crippen molar-refractivity contribution < 1.29 is 19.1 Å². The van der Waals surface area contributed by atoms with E-state index in [4.69, 9.17) is 5.11 Å². The van der Waals surface area contributed by atoms with Gasteiger partial charge in [-0.3, -0.25) is 0 Å². The molecule has 5 nitrogen and oxygen atoms in total. The zero-order valence-corrected chi connectivity index (χ0v) is 11.4. The van der Waals surface area contributed by atoms with E-state index in [1.165, 1.54) is 6.07 Å². The highest BCUT2D eigenvalue weighted by Crippen LogP contribution is 2.06. The number of urea groups is 1. The summed E-state index contributed by atoms with van der Waals surface area (Å²) in [6.45, 7) is 2.08. The number of carboxylic acids is 1. The maximum atomic E-state index is 13.3. The number of benzene rings is 1. The molecule has 0 fully saturated rings. The molecular formula is C14H19FN2O3. The fraction of sp³-hybridized carbons (Fsp3) is 0.429. The summed E-state index contributed by atoms with van der Waals surface area (Å²) in [5.74, 6) is -1.37. The molecule has 20 heavy (non-hydrogen) atoms. The van der Waals surface area contributed by atoms with Crippen molar-refractivity contribution in [3.63, 3.8) is 0 Å². The standard InChI is InChI=1S/C14H19FN2O3/c1-2-5-12(13(18)19)17-14(20)16-9-8-10-6-3-4-7-11(10)15/h3-4,6-7,12H,2,5,8-9H2,1H3,(H,18,19)(H2,16,17,20)/t12-/m1/s1. The van der Waals surface area contributed by atoms with E-state index in [0.717, 1.165) is 0 Å². The lowest BCUT2D eigenvalue weighted by molar-refractivity contribution is -0.139. The Morgan fingerprint density at radius 2 is 2.05 bits per heavy atom. The van der Waals surface area contributed by atoms with Gasteiger partial charge in [0.1, 0.15) is 11.9 Å². The largest absolute Gasteiger partial charge is 0.480 e. The third-order valence-corrected chi connectivity index (χ3v) is 2.82. The van der Waals surface area contributed by atoms with Crippen LogP contribution in [0.25, 0.3) is 0 Å². The molecule has 0 aliphatic heterocycles.